The van der Waals surface area contributed by atoms with Crippen molar-refractivity contribution in [1.82, 2.24) is 15.3 Å². The van der Waals surface area contributed by atoms with Gasteiger partial charge in [-0.2, -0.15) is 0 Å². The zero-order valence-corrected chi connectivity index (χ0v) is 16.1. The molecule has 4 nitrogen and oxygen atoms in total. The fourth-order valence-electron chi connectivity index (χ4n) is 3.76. The molecule has 5 heteroatoms. The van der Waals surface area contributed by atoms with Gasteiger partial charge in [0, 0.05) is 36.5 Å². The van der Waals surface area contributed by atoms with Gasteiger partial charge in [-0.15, -0.1) is 11.3 Å². The summed E-state index contributed by atoms with van der Waals surface area (Å²) in [4.78, 5) is 15.3. The van der Waals surface area contributed by atoms with Crippen LogP contribution in [0.3, 0.4) is 0 Å². The van der Waals surface area contributed by atoms with Gasteiger partial charge < -0.3 is 10.2 Å². The number of aryl methyl sites for hydroxylation is 1. The Morgan fingerprint density at radius 2 is 1.92 bits per heavy atom. The van der Waals surface area contributed by atoms with Crippen LogP contribution in [0.25, 0.3) is 10.2 Å². The van der Waals surface area contributed by atoms with E-state index in [1.807, 2.05) is 11.3 Å². The summed E-state index contributed by atoms with van der Waals surface area (Å²) in [5, 5.41) is 4.82. The van der Waals surface area contributed by atoms with E-state index in [1.54, 1.807) is 10.4 Å². The van der Waals surface area contributed by atoms with Crippen molar-refractivity contribution in [1.29, 1.82) is 0 Å². The summed E-state index contributed by atoms with van der Waals surface area (Å²) < 4.78 is 0. The van der Waals surface area contributed by atoms with Crippen molar-refractivity contribution in [3.05, 3.63) is 16.3 Å². The molecule has 0 spiro atoms. The topological polar surface area (TPSA) is 41.1 Å². The molecule has 130 valence electrons. The molecule has 1 saturated heterocycles. The second-order valence-corrected chi connectivity index (χ2v) is 9.47. The summed E-state index contributed by atoms with van der Waals surface area (Å²) in [5.41, 5.74) is 1.52. The smallest absolute Gasteiger partial charge is 0.141 e. The Morgan fingerprint density at radius 3 is 2.62 bits per heavy atom. The fraction of sp³-hybridized carbons (Fsp3) is 0.684. The number of nitrogens with zero attached hydrogens (tertiary/aromatic N) is 3. The van der Waals surface area contributed by atoms with Crippen molar-refractivity contribution in [3.8, 4) is 0 Å². The molecule has 24 heavy (non-hydrogen) atoms. The van der Waals surface area contributed by atoms with Crippen LogP contribution < -0.4 is 10.2 Å². The third kappa shape index (κ3) is 2.82. The van der Waals surface area contributed by atoms with Crippen LogP contribution in [-0.2, 0) is 18.3 Å². The lowest BCUT2D eigenvalue weighted by molar-refractivity contribution is 0.509. The monoisotopic (exact) mass is 344 g/mol. The zero-order chi connectivity index (χ0) is 16.9. The molecular formula is C19H28N4S. The van der Waals surface area contributed by atoms with Gasteiger partial charge in [0.25, 0.3) is 0 Å². The van der Waals surface area contributed by atoms with Gasteiger partial charge in [0.1, 0.15) is 16.5 Å². The molecule has 1 aliphatic heterocycles. The van der Waals surface area contributed by atoms with Crippen molar-refractivity contribution in [2.24, 2.45) is 5.92 Å². The van der Waals surface area contributed by atoms with E-state index in [1.165, 1.54) is 35.3 Å². The second-order valence-electron chi connectivity index (χ2n) is 8.39. The molecule has 0 saturated carbocycles. The van der Waals surface area contributed by atoms with E-state index in [-0.39, 0.29) is 5.41 Å². The molecule has 2 aliphatic rings. The van der Waals surface area contributed by atoms with E-state index in [0.29, 0.717) is 0 Å². The molecule has 1 aliphatic carbocycles. The molecular weight excluding hydrogens is 316 g/mol. The predicted molar refractivity (Wildman–Crippen MR) is 102 cm³/mol. The fourth-order valence-corrected chi connectivity index (χ4v) is 5.14. The Balaban J connectivity index is 1.92. The average molecular weight is 345 g/mol. The molecule has 2 aromatic rings. The van der Waals surface area contributed by atoms with Crippen LogP contribution >= 0.6 is 11.3 Å². The lowest BCUT2D eigenvalue weighted by atomic mass is 9.89. The van der Waals surface area contributed by atoms with Crippen molar-refractivity contribution in [2.45, 2.75) is 52.4 Å². The molecule has 1 atom stereocenters. The lowest BCUT2D eigenvalue weighted by Gasteiger charge is -2.30. The molecule has 2 aromatic heterocycles. The Labute approximate surface area is 148 Å². The Bertz CT molecular complexity index is 753. The Hall–Kier alpha value is -1.20. The first-order chi connectivity index (χ1) is 11.4. The summed E-state index contributed by atoms with van der Waals surface area (Å²) in [6.07, 6.45) is 3.69. The minimum Gasteiger partial charge on any atom is -0.353 e. The third-order valence-electron chi connectivity index (χ3n) is 5.22. The summed E-state index contributed by atoms with van der Waals surface area (Å²) in [5.74, 6) is 2.97. The number of hydrogen-bond donors (Lipinski definition) is 1. The van der Waals surface area contributed by atoms with E-state index in [0.717, 1.165) is 37.9 Å². The highest BCUT2D eigenvalue weighted by Gasteiger charge is 2.28. The minimum absolute atomic E-state index is 0.0191. The van der Waals surface area contributed by atoms with Crippen LogP contribution in [0.15, 0.2) is 0 Å². The largest absolute Gasteiger partial charge is 0.353 e. The van der Waals surface area contributed by atoms with Gasteiger partial charge in [0.2, 0.25) is 0 Å². The molecule has 4 rings (SSSR count). The molecule has 0 amide bonds. The normalized spacial score (nSPS) is 22.0. The lowest BCUT2D eigenvalue weighted by Crippen LogP contribution is -2.44. The van der Waals surface area contributed by atoms with E-state index >= 15 is 0 Å². The summed E-state index contributed by atoms with van der Waals surface area (Å²) in [6, 6.07) is 0. The Morgan fingerprint density at radius 1 is 1.17 bits per heavy atom. The highest BCUT2D eigenvalue weighted by atomic mass is 32.1. The minimum atomic E-state index is -0.0191. The van der Waals surface area contributed by atoms with Crippen LogP contribution in [0, 0.1) is 5.92 Å². The van der Waals surface area contributed by atoms with Crippen LogP contribution in [0.5, 0.6) is 0 Å². The number of anilines is 1. The number of thiophene rings is 1. The number of rotatable bonds is 1. The molecule has 0 unspecified atom stereocenters. The van der Waals surface area contributed by atoms with Gasteiger partial charge in [-0.25, -0.2) is 9.97 Å². The molecule has 0 radical (unpaired) electrons. The molecule has 0 aromatic carbocycles. The number of fused-ring (bicyclic) bond motifs is 3. The van der Waals surface area contributed by atoms with Crippen LogP contribution in [-0.4, -0.2) is 36.1 Å². The van der Waals surface area contributed by atoms with Crippen LogP contribution in [0.4, 0.5) is 5.82 Å². The number of piperazine rings is 1. The quantitative estimate of drug-likeness (QED) is 0.859. The second kappa shape index (κ2) is 5.95. The molecule has 3 heterocycles. The van der Waals surface area contributed by atoms with Crippen molar-refractivity contribution in [3.63, 3.8) is 0 Å². The van der Waals surface area contributed by atoms with E-state index < -0.39 is 0 Å². The van der Waals surface area contributed by atoms with Gasteiger partial charge in [0.05, 0.1) is 5.39 Å². The maximum absolute atomic E-state index is 5.09. The Kier molecular flexibility index (Phi) is 4.04. The van der Waals surface area contributed by atoms with Gasteiger partial charge in [-0.05, 0) is 30.7 Å². The van der Waals surface area contributed by atoms with Crippen molar-refractivity contribution < 1.29 is 0 Å². The zero-order valence-electron chi connectivity index (χ0n) is 15.3. The van der Waals surface area contributed by atoms with E-state index in [9.17, 15) is 0 Å². The van der Waals surface area contributed by atoms with Crippen molar-refractivity contribution in [2.75, 3.05) is 31.1 Å². The van der Waals surface area contributed by atoms with E-state index in [2.05, 4.69) is 37.9 Å². The number of hydrogen-bond acceptors (Lipinski definition) is 5. The molecule has 1 fully saturated rings. The number of nitrogens with one attached hydrogen (secondary N) is 1. The summed E-state index contributed by atoms with van der Waals surface area (Å²) in [6.45, 7) is 13.2. The molecule has 1 N–H and O–H groups in total. The maximum atomic E-state index is 5.09. The standard InChI is InChI=1S/C19H28N4S/c1-12-5-6-13-14(11-12)24-17-15(13)16(23-9-7-20-8-10-23)21-18(22-17)19(2,3)4/h12,20H,5-11H2,1-4H3/t12-/m1/s1. The maximum Gasteiger partial charge on any atom is 0.141 e. The SMILES string of the molecule is C[C@@H]1CCc2c(sc3nc(C(C)(C)C)nc(N4CCNCC4)c23)C1. The first kappa shape index (κ1) is 16.3. The van der Waals surface area contributed by atoms with Crippen LogP contribution in [0.1, 0.15) is 50.4 Å². The number of aromatic nitrogens is 2. The average Bonchev–Trinajstić information content (AvgIpc) is 2.91. The highest BCUT2D eigenvalue weighted by molar-refractivity contribution is 7.19. The third-order valence-corrected chi connectivity index (χ3v) is 6.37. The first-order valence-electron chi connectivity index (χ1n) is 9.22. The summed E-state index contributed by atoms with van der Waals surface area (Å²) in [7, 11) is 0. The van der Waals surface area contributed by atoms with Gasteiger partial charge >= 0.3 is 0 Å². The first-order valence-corrected chi connectivity index (χ1v) is 10.0. The van der Waals surface area contributed by atoms with Crippen LogP contribution in [0.2, 0.25) is 0 Å². The van der Waals surface area contributed by atoms with Gasteiger partial charge in [-0.1, -0.05) is 27.7 Å². The highest BCUT2D eigenvalue weighted by Crippen LogP contribution is 2.42. The predicted octanol–water partition coefficient (Wildman–Crippen LogP) is 3.52. The van der Waals surface area contributed by atoms with Crippen molar-refractivity contribution >= 4 is 27.4 Å². The summed E-state index contributed by atoms with van der Waals surface area (Å²) >= 11 is 1.92. The van der Waals surface area contributed by atoms with E-state index in [4.69, 9.17) is 9.97 Å². The van der Waals surface area contributed by atoms with Gasteiger partial charge in [-0.3, -0.25) is 0 Å². The molecule has 0 bridgehead atoms. The van der Waals surface area contributed by atoms with Gasteiger partial charge in [0.15, 0.2) is 0 Å².